The van der Waals surface area contributed by atoms with Gasteiger partial charge in [0.25, 0.3) is 5.91 Å². The topological polar surface area (TPSA) is 66.5 Å². The fourth-order valence-electron chi connectivity index (χ4n) is 3.05. The lowest BCUT2D eigenvalue weighted by Gasteiger charge is -2.23. The van der Waals surface area contributed by atoms with Crippen LogP contribution in [0.1, 0.15) is 22.8 Å². The van der Waals surface area contributed by atoms with Crippen LogP contribution in [0.5, 0.6) is 0 Å². The van der Waals surface area contributed by atoms with E-state index in [1.807, 2.05) is 31.2 Å². The van der Waals surface area contributed by atoms with Gasteiger partial charge in [0.05, 0.1) is 24.2 Å². The molecule has 1 N–H and O–H groups in total. The number of benzene rings is 3. The maximum atomic E-state index is 12.7. The standard InChI is InChI=1S/C23H22Cl2N2O3S2/c1-3-31-22-10-5-4-9-21(22)26-23(28)16-11-13-17(14-12-16)27(32(2,29)30)15-18-19(24)7-6-8-20(18)25/h4-14H,3,15H2,1-2H3,(H,26,28). The van der Waals surface area contributed by atoms with Crippen molar-refractivity contribution in [2.75, 3.05) is 21.6 Å². The SMILES string of the molecule is CCSc1ccccc1NC(=O)c1ccc(N(Cc2c(Cl)cccc2Cl)S(C)(=O)=O)cc1. The third kappa shape index (κ3) is 5.98. The normalized spacial score (nSPS) is 11.2. The average Bonchev–Trinajstić information content (AvgIpc) is 2.74. The van der Waals surface area contributed by atoms with Gasteiger partial charge in [0.15, 0.2) is 0 Å². The third-order valence-corrected chi connectivity index (χ3v) is 7.42. The minimum atomic E-state index is -3.63. The van der Waals surface area contributed by atoms with Gasteiger partial charge in [-0.05, 0) is 54.3 Å². The molecule has 168 valence electrons. The first-order valence-corrected chi connectivity index (χ1v) is 13.3. The zero-order valence-electron chi connectivity index (χ0n) is 17.5. The molecule has 32 heavy (non-hydrogen) atoms. The van der Waals surface area contributed by atoms with Crippen molar-refractivity contribution in [2.24, 2.45) is 0 Å². The van der Waals surface area contributed by atoms with Gasteiger partial charge in [0.1, 0.15) is 0 Å². The molecule has 0 saturated heterocycles. The summed E-state index contributed by atoms with van der Waals surface area (Å²) in [5.74, 6) is 0.610. The van der Waals surface area contributed by atoms with Crippen LogP contribution in [0.4, 0.5) is 11.4 Å². The van der Waals surface area contributed by atoms with Crippen molar-refractivity contribution in [2.45, 2.75) is 18.4 Å². The van der Waals surface area contributed by atoms with E-state index in [9.17, 15) is 13.2 Å². The van der Waals surface area contributed by atoms with Gasteiger partial charge in [0.2, 0.25) is 10.0 Å². The number of carbonyl (C=O) groups excluding carboxylic acids is 1. The Morgan fingerprint density at radius 2 is 1.59 bits per heavy atom. The Kier molecular flexibility index (Phi) is 8.11. The maximum Gasteiger partial charge on any atom is 0.255 e. The van der Waals surface area contributed by atoms with E-state index in [-0.39, 0.29) is 12.5 Å². The summed E-state index contributed by atoms with van der Waals surface area (Å²) in [5.41, 5.74) is 2.06. The van der Waals surface area contributed by atoms with Crippen LogP contribution < -0.4 is 9.62 Å². The number of anilines is 2. The van der Waals surface area contributed by atoms with E-state index < -0.39 is 10.0 Å². The highest BCUT2D eigenvalue weighted by Crippen LogP contribution is 2.30. The van der Waals surface area contributed by atoms with Crippen LogP contribution in [0.15, 0.2) is 71.6 Å². The predicted octanol–water partition coefficient (Wildman–Crippen LogP) is 6.32. The molecule has 3 aromatic carbocycles. The van der Waals surface area contributed by atoms with E-state index in [4.69, 9.17) is 23.2 Å². The van der Waals surface area contributed by atoms with E-state index in [0.717, 1.165) is 22.6 Å². The van der Waals surface area contributed by atoms with Crippen LogP contribution in [0.3, 0.4) is 0 Å². The average molecular weight is 509 g/mol. The third-order valence-electron chi connectivity index (χ3n) is 4.62. The van der Waals surface area contributed by atoms with E-state index in [1.165, 1.54) is 4.31 Å². The molecule has 0 aliphatic heterocycles. The second-order valence-corrected chi connectivity index (χ2v) is 10.9. The number of nitrogens with zero attached hydrogens (tertiary/aromatic N) is 1. The Hall–Kier alpha value is -2.19. The number of halogens is 2. The first kappa shape index (κ1) is 24.5. The molecule has 9 heteroatoms. The molecule has 0 atom stereocenters. The molecule has 3 rings (SSSR count). The maximum absolute atomic E-state index is 12.7. The first-order chi connectivity index (χ1) is 15.2. The van der Waals surface area contributed by atoms with Gasteiger partial charge in [-0.15, -0.1) is 11.8 Å². The van der Waals surface area contributed by atoms with Gasteiger partial charge in [-0.25, -0.2) is 8.42 Å². The zero-order chi connectivity index (χ0) is 23.3. The molecule has 0 unspecified atom stereocenters. The van der Waals surface area contributed by atoms with Crippen molar-refractivity contribution >= 4 is 62.3 Å². The summed E-state index contributed by atoms with van der Waals surface area (Å²) < 4.78 is 26.2. The van der Waals surface area contributed by atoms with Gasteiger partial charge in [0, 0.05) is 26.1 Å². The highest BCUT2D eigenvalue weighted by Gasteiger charge is 2.21. The summed E-state index contributed by atoms with van der Waals surface area (Å²) in [5, 5.41) is 3.68. The largest absolute Gasteiger partial charge is 0.321 e. The smallest absolute Gasteiger partial charge is 0.255 e. The van der Waals surface area contributed by atoms with Gasteiger partial charge in [-0.3, -0.25) is 9.10 Å². The van der Waals surface area contributed by atoms with Crippen LogP contribution in [0.25, 0.3) is 0 Å². The molecular formula is C23H22Cl2N2O3S2. The van der Waals surface area contributed by atoms with E-state index in [1.54, 1.807) is 54.2 Å². The van der Waals surface area contributed by atoms with E-state index in [2.05, 4.69) is 5.32 Å². The number of rotatable bonds is 8. The number of thioether (sulfide) groups is 1. The lowest BCUT2D eigenvalue weighted by molar-refractivity contribution is 0.102. The number of sulfonamides is 1. The molecule has 3 aromatic rings. The van der Waals surface area contributed by atoms with Crippen molar-refractivity contribution in [3.05, 3.63) is 87.9 Å². The second kappa shape index (κ2) is 10.6. The summed E-state index contributed by atoms with van der Waals surface area (Å²) >= 11 is 14.1. The van der Waals surface area contributed by atoms with Crippen molar-refractivity contribution in [3.63, 3.8) is 0 Å². The summed E-state index contributed by atoms with van der Waals surface area (Å²) in [4.78, 5) is 13.7. The zero-order valence-corrected chi connectivity index (χ0v) is 20.7. The monoisotopic (exact) mass is 508 g/mol. The molecule has 0 bridgehead atoms. The highest BCUT2D eigenvalue weighted by molar-refractivity contribution is 7.99. The number of carbonyl (C=O) groups is 1. The van der Waals surface area contributed by atoms with E-state index in [0.29, 0.717) is 26.9 Å². The number of amides is 1. The molecule has 0 radical (unpaired) electrons. The number of para-hydroxylation sites is 1. The lowest BCUT2D eigenvalue weighted by atomic mass is 10.1. The molecule has 0 aliphatic rings. The Morgan fingerprint density at radius 3 is 2.19 bits per heavy atom. The van der Waals surface area contributed by atoms with Crippen molar-refractivity contribution in [1.82, 2.24) is 0 Å². The minimum absolute atomic E-state index is 0.0233. The number of nitrogens with one attached hydrogen (secondary N) is 1. The molecule has 0 heterocycles. The lowest BCUT2D eigenvalue weighted by Crippen LogP contribution is -2.29. The number of hydrogen-bond acceptors (Lipinski definition) is 4. The van der Waals surface area contributed by atoms with Crippen molar-refractivity contribution in [1.29, 1.82) is 0 Å². The molecule has 0 aliphatic carbocycles. The Balaban J connectivity index is 1.84. The summed E-state index contributed by atoms with van der Waals surface area (Å²) in [6, 6.07) is 19.0. The molecule has 0 spiro atoms. The molecule has 0 saturated carbocycles. The fraction of sp³-hybridized carbons (Fsp3) is 0.174. The van der Waals surface area contributed by atoms with Crippen LogP contribution >= 0.6 is 35.0 Å². The van der Waals surface area contributed by atoms with Crippen LogP contribution in [-0.2, 0) is 16.6 Å². The quantitative estimate of drug-likeness (QED) is 0.361. The van der Waals surface area contributed by atoms with Gasteiger partial charge >= 0.3 is 0 Å². The van der Waals surface area contributed by atoms with Crippen LogP contribution in [0, 0.1) is 0 Å². The summed E-state index contributed by atoms with van der Waals surface area (Å²) in [7, 11) is -3.63. The minimum Gasteiger partial charge on any atom is -0.321 e. The second-order valence-electron chi connectivity index (χ2n) is 6.90. The van der Waals surface area contributed by atoms with Crippen molar-refractivity contribution < 1.29 is 13.2 Å². The number of hydrogen-bond donors (Lipinski definition) is 1. The van der Waals surface area contributed by atoms with Gasteiger partial charge < -0.3 is 5.32 Å². The first-order valence-electron chi connectivity index (χ1n) is 9.74. The Morgan fingerprint density at radius 1 is 0.969 bits per heavy atom. The predicted molar refractivity (Wildman–Crippen MR) is 135 cm³/mol. The Labute approximate surface area is 202 Å². The molecule has 5 nitrogen and oxygen atoms in total. The molecule has 0 aromatic heterocycles. The van der Waals surface area contributed by atoms with Gasteiger partial charge in [-0.1, -0.05) is 48.3 Å². The Bertz CT molecular complexity index is 1200. The van der Waals surface area contributed by atoms with Crippen molar-refractivity contribution in [3.8, 4) is 0 Å². The highest BCUT2D eigenvalue weighted by atomic mass is 35.5. The fourth-order valence-corrected chi connectivity index (χ4v) is 5.20. The van der Waals surface area contributed by atoms with Crippen LogP contribution in [0.2, 0.25) is 10.0 Å². The summed E-state index contributed by atoms with van der Waals surface area (Å²) in [6.07, 6.45) is 1.11. The summed E-state index contributed by atoms with van der Waals surface area (Å²) in [6.45, 7) is 2.02. The molecular weight excluding hydrogens is 487 g/mol. The van der Waals surface area contributed by atoms with Crippen LogP contribution in [-0.4, -0.2) is 26.3 Å². The molecule has 1 amide bonds. The van der Waals surface area contributed by atoms with Gasteiger partial charge in [-0.2, -0.15) is 0 Å². The van der Waals surface area contributed by atoms with E-state index >= 15 is 0 Å². The molecule has 0 fully saturated rings.